The first kappa shape index (κ1) is 29.3. The fraction of sp³-hybridized carbons (Fsp3) is 0.788. The first-order valence-electron chi connectivity index (χ1n) is 15.5. The van der Waals surface area contributed by atoms with Crippen LogP contribution in [0.25, 0.3) is 0 Å². The highest BCUT2D eigenvalue weighted by Gasteiger charge is 2.38. The van der Waals surface area contributed by atoms with Gasteiger partial charge in [-0.05, 0) is 74.2 Å². The maximum Gasteiger partial charge on any atom is 0.309 e. The van der Waals surface area contributed by atoms with Crippen LogP contribution in [0.5, 0.6) is 0 Å². The summed E-state index contributed by atoms with van der Waals surface area (Å²) in [5, 5.41) is 0. The van der Waals surface area contributed by atoms with E-state index < -0.39 is 11.7 Å². The number of carbonyl (C=O) groups excluding carboxylic acids is 1. The predicted octanol–water partition coefficient (Wildman–Crippen LogP) is 10.9. The van der Waals surface area contributed by atoms with E-state index in [0.29, 0.717) is 12.3 Å². The molecule has 36 heavy (non-hydrogen) atoms. The summed E-state index contributed by atoms with van der Waals surface area (Å²) in [7, 11) is 0. The van der Waals surface area contributed by atoms with Gasteiger partial charge in [0.25, 0.3) is 0 Å². The van der Waals surface area contributed by atoms with Gasteiger partial charge < -0.3 is 0 Å². The number of unbranched alkanes of at least 4 members (excludes halogenated alkanes) is 7. The molecule has 1 nitrogen and oxygen atoms in total. The van der Waals surface area contributed by atoms with E-state index in [4.69, 9.17) is 0 Å². The molecule has 2 saturated carbocycles. The Bertz CT molecular complexity index is 739. The first-order valence-corrected chi connectivity index (χ1v) is 15.5. The predicted molar refractivity (Wildman–Crippen MR) is 148 cm³/mol. The van der Waals surface area contributed by atoms with E-state index >= 15 is 0 Å². The molecule has 0 aromatic heterocycles. The molecule has 0 heterocycles. The van der Waals surface area contributed by atoms with Crippen LogP contribution in [0.1, 0.15) is 158 Å². The summed E-state index contributed by atoms with van der Waals surface area (Å²) in [6.45, 7) is 3.97. The van der Waals surface area contributed by atoms with E-state index in [1.54, 1.807) is 19.1 Å². The lowest BCUT2D eigenvalue weighted by atomic mass is 9.68. The Labute approximate surface area is 220 Å². The molecular weight excluding hydrogens is 450 g/mol. The van der Waals surface area contributed by atoms with Gasteiger partial charge in [-0.2, -0.15) is 8.78 Å². The van der Waals surface area contributed by atoms with Gasteiger partial charge in [-0.25, -0.2) is 0 Å². The molecule has 1 aromatic carbocycles. The highest BCUT2D eigenvalue weighted by atomic mass is 19.3. The van der Waals surface area contributed by atoms with Gasteiger partial charge in [-0.3, -0.25) is 4.79 Å². The second-order valence-corrected chi connectivity index (χ2v) is 12.1. The Morgan fingerprint density at radius 1 is 0.722 bits per heavy atom. The molecule has 0 radical (unpaired) electrons. The number of halogens is 2. The van der Waals surface area contributed by atoms with Crippen molar-refractivity contribution in [2.45, 2.75) is 148 Å². The minimum atomic E-state index is -3.25. The van der Waals surface area contributed by atoms with Gasteiger partial charge in [0, 0.05) is 12.0 Å². The van der Waals surface area contributed by atoms with Crippen molar-refractivity contribution in [2.24, 2.45) is 17.8 Å². The number of rotatable bonds is 15. The molecule has 0 unspecified atom stereocenters. The van der Waals surface area contributed by atoms with Crippen molar-refractivity contribution in [1.29, 1.82) is 0 Å². The lowest BCUT2D eigenvalue weighted by Gasteiger charge is -2.38. The molecule has 0 bridgehead atoms. The normalized spacial score (nSPS) is 25.1. The molecule has 3 heteroatoms. The summed E-state index contributed by atoms with van der Waals surface area (Å²) in [4.78, 5) is 12.2. The zero-order valence-corrected chi connectivity index (χ0v) is 23.2. The number of Topliss-reactive ketones (excluding diaryl/α,β-unsaturated/α-hetero) is 1. The zero-order valence-electron chi connectivity index (χ0n) is 23.2. The smallest absolute Gasteiger partial charge is 0.287 e. The third-order valence-corrected chi connectivity index (χ3v) is 9.34. The summed E-state index contributed by atoms with van der Waals surface area (Å²) < 4.78 is 28.0. The first-order chi connectivity index (χ1) is 17.4. The van der Waals surface area contributed by atoms with Crippen molar-refractivity contribution in [2.75, 3.05) is 0 Å². The summed E-state index contributed by atoms with van der Waals surface area (Å²) >= 11 is 0. The van der Waals surface area contributed by atoms with Gasteiger partial charge in [0.2, 0.25) is 5.78 Å². The SMILES string of the molecule is CCCCCCCCCCC1CCC(C2CCC(c3ccc(C(=O)C(F)(F)CCC)cc3)CC2)CC1. The van der Waals surface area contributed by atoms with E-state index in [9.17, 15) is 13.6 Å². The lowest BCUT2D eigenvalue weighted by molar-refractivity contribution is 0.00453. The largest absolute Gasteiger partial charge is 0.309 e. The van der Waals surface area contributed by atoms with Gasteiger partial charge in [0.1, 0.15) is 0 Å². The molecule has 204 valence electrons. The van der Waals surface area contributed by atoms with Crippen LogP contribution in [-0.2, 0) is 0 Å². The fourth-order valence-corrected chi connectivity index (χ4v) is 6.98. The molecule has 0 aliphatic heterocycles. The number of carbonyl (C=O) groups is 1. The van der Waals surface area contributed by atoms with Crippen LogP contribution in [0.3, 0.4) is 0 Å². The molecule has 0 N–H and O–H groups in total. The quantitative estimate of drug-likeness (QED) is 0.172. The van der Waals surface area contributed by atoms with Crippen LogP contribution in [0, 0.1) is 17.8 Å². The average molecular weight is 503 g/mol. The van der Waals surface area contributed by atoms with E-state index in [2.05, 4.69) is 6.92 Å². The molecule has 0 amide bonds. The molecule has 0 saturated heterocycles. The zero-order chi connectivity index (χ0) is 25.8. The highest BCUT2D eigenvalue weighted by molar-refractivity contribution is 6.01. The number of alkyl halides is 2. The summed E-state index contributed by atoms with van der Waals surface area (Å²) in [6, 6.07) is 7.11. The second-order valence-electron chi connectivity index (χ2n) is 12.1. The Balaban J connectivity index is 1.32. The lowest BCUT2D eigenvalue weighted by Crippen LogP contribution is -2.28. The van der Waals surface area contributed by atoms with Gasteiger partial charge in [0.05, 0.1) is 0 Å². The average Bonchev–Trinajstić information content (AvgIpc) is 2.90. The summed E-state index contributed by atoms with van der Waals surface area (Å²) in [6.07, 6.45) is 23.5. The van der Waals surface area contributed by atoms with Crippen molar-refractivity contribution in [3.63, 3.8) is 0 Å². The molecule has 0 spiro atoms. The van der Waals surface area contributed by atoms with Crippen LogP contribution in [0.2, 0.25) is 0 Å². The van der Waals surface area contributed by atoms with Crippen molar-refractivity contribution >= 4 is 5.78 Å². The Hall–Kier alpha value is -1.25. The van der Waals surface area contributed by atoms with Crippen molar-refractivity contribution in [3.8, 4) is 0 Å². The summed E-state index contributed by atoms with van der Waals surface area (Å²) in [5.41, 5.74) is 1.37. The van der Waals surface area contributed by atoms with E-state index in [1.165, 1.54) is 115 Å². The monoisotopic (exact) mass is 502 g/mol. The molecular formula is C33H52F2O. The van der Waals surface area contributed by atoms with Crippen molar-refractivity contribution in [3.05, 3.63) is 35.4 Å². The van der Waals surface area contributed by atoms with Crippen molar-refractivity contribution < 1.29 is 13.6 Å². The topological polar surface area (TPSA) is 17.1 Å². The Kier molecular flexibility index (Phi) is 12.4. The summed E-state index contributed by atoms with van der Waals surface area (Å²) in [5.74, 6) is -0.997. The Morgan fingerprint density at radius 3 is 1.81 bits per heavy atom. The van der Waals surface area contributed by atoms with Gasteiger partial charge >= 0.3 is 5.92 Å². The number of hydrogen-bond acceptors (Lipinski definition) is 1. The van der Waals surface area contributed by atoms with Gasteiger partial charge in [-0.15, -0.1) is 0 Å². The van der Waals surface area contributed by atoms with Crippen LogP contribution >= 0.6 is 0 Å². The molecule has 2 aliphatic carbocycles. The molecule has 3 rings (SSSR count). The minimum Gasteiger partial charge on any atom is -0.287 e. The number of benzene rings is 1. The molecule has 0 atom stereocenters. The molecule has 2 aliphatic rings. The second kappa shape index (κ2) is 15.2. The maximum atomic E-state index is 14.0. The van der Waals surface area contributed by atoms with Crippen molar-refractivity contribution in [1.82, 2.24) is 0 Å². The van der Waals surface area contributed by atoms with E-state index in [-0.39, 0.29) is 12.0 Å². The van der Waals surface area contributed by atoms with Gasteiger partial charge in [0.15, 0.2) is 0 Å². The maximum absolute atomic E-state index is 14.0. The third kappa shape index (κ3) is 8.95. The molecule has 2 fully saturated rings. The van der Waals surface area contributed by atoms with E-state index in [0.717, 1.165) is 17.8 Å². The van der Waals surface area contributed by atoms with Gasteiger partial charge in [-0.1, -0.05) is 109 Å². The standard InChI is InChI=1S/C33H52F2O/c1-3-5-6-7-8-9-10-11-12-26-13-15-27(16-14-26)28-17-19-29(20-18-28)30-21-23-31(24-22-30)32(36)33(34,35)25-4-2/h21-24,26-29H,3-20,25H2,1-2H3. The Morgan fingerprint density at radius 2 is 1.25 bits per heavy atom. The fourth-order valence-electron chi connectivity index (χ4n) is 6.98. The third-order valence-electron chi connectivity index (χ3n) is 9.34. The van der Waals surface area contributed by atoms with Crippen LogP contribution in [0.4, 0.5) is 8.78 Å². The van der Waals surface area contributed by atoms with Crippen LogP contribution in [0.15, 0.2) is 24.3 Å². The minimum absolute atomic E-state index is 0.148. The molecule has 1 aromatic rings. The highest BCUT2D eigenvalue weighted by Crippen LogP contribution is 2.44. The van der Waals surface area contributed by atoms with Crippen LogP contribution in [-0.4, -0.2) is 11.7 Å². The van der Waals surface area contributed by atoms with Crippen LogP contribution < -0.4 is 0 Å². The van der Waals surface area contributed by atoms with E-state index in [1.807, 2.05) is 12.1 Å². The number of hydrogen-bond donors (Lipinski definition) is 0. The number of ketones is 1.